The molecule has 122 valence electrons. The first-order valence-corrected chi connectivity index (χ1v) is 7.99. The molecule has 1 aromatic carbocycles. The Morgan fingerprint density at radius 2 is 2.00 bits per heavy atom. The minimum atomic E-state index is -0.915. The Labute approximate surface area is 132 Å². The zero-order valence-electron chi connectivity index (χ0n) is 13.3. The fourth-order valence-electron chi connectivity index (χ4n) is 2.94. The van der Waals surface area contributed by atoms with Gasteiger partial charge in [-0.2, -0.15) is 0 Å². The SMILES string of the molecule is COc1ccc(CCCN2CCC(CNC(=O)O)CC2)cc1. The van der Waals surface area contributed by atoms with Gasteiger partial charge in [-0.25, -0.2) is 4.79 Å². The van der Waals surface area contributed by atoms with Crippen LogP contribution in [0.5, 0.6) is 5.75 Å². The maximum atomic E-state index is 10.5. The number of hydrogen-bond donors (Lipinski definition) is 2. The van der Waals surface area contributed by atoms with Gasteiger partial charge in [-0.15, -0.1) is 0 Å². The maximum absolute atomic E-state index is 10.5. The van der Waals surface area contributed by atoms with Gasteiger partial charge in [-0.1, -0.05) is 12.1 Å². The van der Waals surface area contributed by atoms with Crippen molar-refractivity contribution < 1.29 is 14.6 Å². The van der Waals surface area contributed by atoms with E-state index in [1.54, 1.807) is 7.11 Å². The highest BCUT2D eigenvalue weighted by molar-refractivity contribution is 5.64. The molecular weight excluding hydrogens is 280 g/mol. The van der Waals surface area contributed by atoms with Crippen LogP contribution in [0.4, 0.5) is 4.79 Å². The smallest absolute Gasteiger partial charge is 0.404 e. The van der Waals surface area contributed by atoms with Crippen LogP contribution in [0.2, 0.25) is 0 Å². The number of likely N-dealkylation sites (tertiary alicyclic amines) is 1. The highest BCUT2D eigenvalue weighted by Gasteiger charge is 2.19. The quantitative estimate of drug-likeness (QED) is 0.813. The van der Waals surface area contributed by atoms with Crippen molar-refractivity contribution in [1.82, 2.24) is 10.2 Å². The van der Waals surface area contributed by atoms with Crippen LogP contribution in [0, 0.1) is 5.92 Å². The molecule has 1 heterocycles. The van der Waals surface area contributed by atoms with Crippen LogP contribution in [0.25, 0.3) is 0 Å². The van der Waals surface area contributed by atoms with Gasteiger partial charge < -0.3 is 20.1 Å². The highest BCUT2D eigenvalue weighted by atomic mass is 16.5. The Kier molecular flexibility index (Phi) is 6.52. The summed E-state index contributed by atoms with van der Waals surface area (Å²) in [7, 11) is 1.69. The molecule has 2 N–H and O–H groups in total. The van der Waals surface area contributed by atoms with Gasteiger partial charge in [0.25, 0.3) is 0 Å². The Bertz CT molecular complexity index is 453. The second-order valence-electron chi connectivity index (χ2n) is 5.92. The fraction of sp³-hybridized carbons (Fsp3) is 0.588. The van der Waals surface area contributed by atoms with Crippen LogP contribution in [0.1, 0.15) is 24.8 Å². The summed E-state index contributed by atoms with van der Waals surface area (Å²) in [4.78, 5) is 13.0. The average molecular weight is 306 g/mol. The zero-order valence-corrected chi connectivity index (χ0v) is 13.3. The van der Waals surface area contributed by atoms with Crippen molar-refractivity contribution in [3.63, 3.8) is 0 Å². The molecule has 1 amide bonds. The van der Waals surface area contributed by atoms with Gasteiger partial charge >= 0.3 is 6.09 Å². The number of piperidine rings is 1. The lowest BCUT2D eigenvalue weighted by Crippen LogP contribution is -2.38. The van der Waals surface area contributed by atoms with E-state index in [9.17, 15) is 4.79 Å². The molecular formula is C17H26N2O3. The number of amides is 1. The number of rotatable bonds is 7. The summed E-state index contributed by atoms with van der Waals surface area (Å²) in [6.45, 7) is 3.86. The summed E-state index contributed by atoms with van der Waals surface area (Å²) in [6.07, 6.45) is 3.50. The third kappa shape index (κ3) is 5.56. The number of carbonyl (C=O) groups is 1. The van der Waals surface area contributed by atoms with Crippen molar-refractivity contribution in [1.29, 1.82) is 0 Å². The first kappa shape index (κ1) is 16.6. The molecule has 1 aliphatic rings. The van der Waals surface area contributed by atoms with E-state index in [1.807, 2.05) is 12.1 Å². The van der Waals surface area contributed by atoms with Crippen LogP contribution >= 0.6 is 0 Å². The summed E-state index contributed by atoms with van der Waals surface area (Å²) >= 11 is 0. The largest absolute Gasteiger partial charge is 0.497 e. The number of carboxylic acid groups (broad SMARTS) is 1. The van der Waals surface area contributed by atoms with Gasteiger partial charge in [0, 0.05) is 6.54 Å². The Hall–Kier alpha value is -1.75. The third-order valence-corrected chi connectivity index (χ3v) is 4.35. The Balaban J connectivity index is 1.61. The number of hydrogen-bond acceptors (Lipinski definition) is 3. The summed E-state index contributed by atoms with van der Waals surface area (Å²) < 4.78 is 5.16. The van der Waals surface area contributed by atoms with E-state index in [0.717, 1.165) is 51.1 Å². The standard InChI is InChI=1S/C17H26N2O3/c1-22-16-6-4-14(5-7-16)3-2-10-19-11-8-15(9-12-19)13-18-17(20)21/h4-7,15,18H,2-3,8-13H2,1H3,(H,20,21). The molecule has 0 saturated carbocycles. The van der Waals surface area contributed by atoms with Gasteiger partial charge in [0.05, 0.1) is 7.11 Å². The van der Waals surface area contributed by atoms with Crippen LogP contribution in [-0.2, 0) is 6.42 Å². The van der Waals surface area contributed by atoms with Crippen LogP contribution < -0.4 is 10.1 Å². The van der Waals surface area contributed by atoms with E-state index < -0.39 is 6.09 Å². The molecule has 22 heavy (non-hydrogen) atoms. The normalized spacial score (nSPS) is 16.4. The number of nitrogens with zero attached hydrogens (tertiary/aromatic N) is 1. The van der Waals surface area contributed by atoms with E-state index >= 15 is 0 Å². The molecule has 0 spiro atoms. The number of nitrogens with one attached hydrogen (secondary N) is 1. The van der Waals surface area contributed by atoms with Crippen molar-refractivity contribution >= 4 is 6.09 Å². The third-order valence-electron chi connectivity index (χ3n) is 4.35. The maximum Gasteiger partial charge on any atom is 0.404 e. The molecule has 1 saturated heterocycles. The van der Waals surface area contributed by atoms with Crippen molar-refractivity contribution in [3.8, 4) is 5.75 Å². The molecule has 0 aliphatic carbocycles. The van der Waals surface area contributed by atoms with Crippen molar-refractivity contribution in [2.24, 2.45) is 5.92 Å². The van der Waals surface area contributed by atoms with Crippen LogP contribution in [0.3, 0.4) is 0 Å². The van der Waals surface area contributed by atoms with Gasteiger partial charge in [-0.05, 0) is 68.9 Å². The molecule has 0 atom stereocenters. The van der Waals surface area contributed by atoms with Crippen molar-refractivity contribution in [2.75, 3.05) is 33.3 Å². The first-order chi connectivity index (χ1) is 10.7. The van der Waals surface area contributed by atoms with Gasteiger partial charge in [-0.3, -0.25) is 0 Å². The second-order valence-corrected chi connectivity index (χ2v) is 5.92. The number of methoxy groups -OCH3 is 1. The van der Waals surface area contributed by atoms with E-state index in [1.165, 1.54) is 5.56 Å². The number of benzene rings is 1. The lowest BCUT2D eigenvalue weighted by molar-refractivity contribution is 0.169. The number of aryl methyl sites for hydroxylation is 1. The first-order valence-electron chi connectivity index (χ1n) is 7.99. The molecule has 1 fully saturated rings. The molecule has 0 unspecified atom stereocenters. The van der Waals surface area contributed by atoms with E-state index in [2.05, 4.69) is 22.3 Å². The van der Waals surface area contributed by atoms with E-state index in [-0.39, 0.29) is 0 Å². The molecule has 2 rings (SSSR count). The highest BCUT2D eigenvalue weighted by Crippen LogP contribution is 2.17. The fourth-order valence-corrected chi connectivity index (χ4v) is 2.94. The second kappa shape index (κ2) is 8.63. The molecule has 5 nitrogen and oxygen atoms in total. The van der Waals surface area contributed by atoms with E-state index in [0.29, 0.717) is 12.5 Å². The molecule has 1 aliphatic heterocycles. The predicted molar refractivity (Wildman–Crippen MR) is 86.5 cm³/mol. The topological polar surface area (TPSA) is 61.8 Å². The number of ether oxygens (including phenoxy) is 1. The molecule has 0 radical (unpaired) electrons. The molecule has 0 bridgehead atoms. The van der Waals surface area contributed by atoms with Crippen molar-refractivity contribution in [3.05, 3.63) is 29.8 Å². The van der Waals surface area contributed by atoms with E-state index in [4.69, 9.17) is 9.84 Å². The minimum absolute atomic E-state index is 0.494. The Morgan fingerprint density at radius 3 is 2.59 bits per heavy atom. The van der Waals surface area contributed by atoms with Gasteiger partial charge in [0.1, 0.15) is 5.75 Å². The lowest BCUT2D eigenvalue weighted by Gasteiger charge is -2.31. The average Bonchev–Trinajstić information content (AvgIpc) is 2.55. The minimum Gasteiger partial charge on any atom is -0.497 e. The summed E-state index contributed by atoms with van der Waals surface area (Å²) in [6, 6.07) is 8.28. The van der Waals surface area contributed by atoms with Crippen LogP contribution in [0.15, 0.2) is 24.3 Å². The summed E-state index contributed by atoms with van der Waals surface area (Å²) in [5, 5.41) is 11.1. The molecule has 0 aromatic heterocycles. The van der Waals surface area contributed by atoms with Crippen LogP contribution in [-0.4, -0.2) is 49.4 Å². The molecule has 5 heteroatoms. The van der Waals surface area contributed by atoms with Gasteiger partial charge in [0.2, 0.25) is 0 Å². The summed E-state index contributed by atoms with van der Waals surface area (Å²) in [5.41, 5.74) is 1.35. The molecule has 1 aromatic rings. The monoisotopic (exact) mass is 306 g/mol. The van der Waals surface area contributed by atoms with Gasteiger partial charge in [0.15, 0.2) is 0 Å². The van der Waals surface area contributed by atoms with Crippen molar-refractivity contribution in [2.45, 2.75) is 25.7 Å². The summed E-state index contributed by atoms with van der Waals surface area (Å²) in [5.74, 6) is 1.40. The Morgan fingerprint density at radius 1 is 1.32 bits per heavy atom. The predicted octanol–water partition coefficient (Wildman–Crippen LogP) is 2.61. The lowest BCUT2D eigenvalue weighted by atomic mass is 9.96. The zero-order chi connectivity index (χ0) is 15.8.